The summed E-state index contributed by atoms with van der Waals surface area (Å²) < 4.78 is 27.9. The van der Waals surface area contributed by atoms with E-state index in [4.69, 9.17) is 0 Å². The first-order valence-electron chi connectivity index (χ1n) is 6.40. The molecule has 22 heavy (non-hydrogen) atoms. The summed E-state index contributed by atoms with van der Waals surface area (Å²) >= 11 is 0. The first kappa shape index (κ1) is 13.9. The molecule has 0 saturated heterocycles. The number of carboxylic acid groups (broad SMARTS) is 1. The number of carboxylic acids is 1. The molecule has 4 nitrogen and oxygen atoms in total. The van der Waals surface area contributed by atoms with Gasteiger partial charge in [0.05, 0.1) is 5.69 Å². The van der Waals surface area contributed by atoms with Crippen molar-refractivity contribution in [1.29, 1.82) is 0 Å². The lowest BCUT2D eigenvalue weighted by molar-refractivity contribution is 0.0687. The van der Waals surface area contributed by atoms with Crippen LogP contribution in [0.3, 0.4) is 0 Å². The summed E-state index contributed by atoms with van der Waals surface area (Å²) in [6.45, 7) is 0. The van der Waals surface area contributed by atoms with E-state index in [1.54, 1.807) is 6.07 Å². The Labute approximate surface area is 124 Å². The predicted octanol–water partition coefficient (Wildman–Crippen LogP) is 3.52. The lowest BCUT2D eigenvalue weighted by Gasteiger charge is -2.05. The van der Waals surface area contributed by atoms with Crippen molar-refractivity contribution in [3.8, 4) is 16.9 Å². The van der Waals surface area contributed by atoms with Crippen LogP contribution in [0.2, 0.25) is 0 Å². The van der Waals surface area contributed by atoms with Crippen LogP contribution in [-0.2, 0) is 0 Å². The van der Waals surface area contributed by atoms with Gasteiger partial charge in [-0.05, 0) is 42.5 Å². The molecule has 0 saturated carbocycles. The molecule has 1 aromatic heterocycles. The number of benzene rings is 2. The molecule has 0 atom stereocenters. The zero-order chi connectivity index (χ0) is 15.7. The van der Waals surface area contributed by atoms with Gasteiger partial charge in [0.1, 0.15) is 17.3 Å². The van der Waals surface area contributed by atoms with E-state index in [1.807, 2.05) is 0 Å². The van der Waals surface area contributed by atoms with Crippen LogP contribution in [0.5, 0.6) is 0 Å². The summed E-state index contributed by atoms with van der Waals surface area (Å²) in [5.74, 6) is -2.22. The minimum atomic E-state index is -1.23. The molecular weight excluding hydrogens is 290 g/mol. The highest BCUT2D eigenvalue weighted by Crippen LogP contribution is 2.23. The van der Waals surface area contributed by atoms with Crippen molar-refractivity contribution in [2.45, 2.75) is 0 Å². The maximum absolute atomic E-state index is 13.9. The Kier molecular flexibility index (Phi) is 3.42. The highest BCUT2D eigenvalue weighted by molar-refractivity contribution is 5.88. The van der Waals surface area contributed by atoms with E-state index in [0.717, 1.165) is 4.68 Å². The van der Waals surface area contributed by atoms with E-state index < -0.39 is 17.6 Å². The fourth-order valence-corrected chi connectivity index (χ4v) is 2.10. The van der Waals surface area contributed by atoms with E-state index in [1.165, 1.54) is 48.5 Å². The molecule has 0 bridgehead atoms. The summed E-state index contributed by atoms with van der Waals surface area (Å²) in [6.07, 6.45) is 0. The van der Waals surface area contributed by atoms with Gasteiger partial charge >= 0.3 is 5.97 Å². The summed E-state index contributed by atoms with van der Waals surface area (Å²) in [6, 6.07) is 12.5. The highest BCUT2D eigenvalue weighted by atomic mass is 19.1. The van der Waals surface area contributed by atoms with E-state index in [9.17, 15) is 18.7 Å². The first-order chi connectivity index (χ1) is 10.6. The molecule has 1 N–H and O–H groups in total. The second kappa shape index (κ2) is 5.40. The van der Waals surface area contributed by atoms with Gasteiger partial charge in [-0.2, -0.15) is 5.10 Å². The first-order valence-corrected chi connectivity index (χ1v) is 6.40. The number of aromatic carboxylic acids is 1. The maximum atomic E-state index is 13.9. The van der Waals surface area contributed by atoms with Crippen LogP contribution in [0.1, 0.15) is 10.5 Å². The Morgan fingerprint density at radius 1 is 1.05 bits per heavy atom. The molecule has 0 spiro atoms. The van der Waals surface area contributed by atoms with Crippen molar-refractivity contribution in [3.63, 3.8) is 0 Å². The van der Waals surface area contributed by atoms with Crippen LogP contribution in [0, 0.1) is 11.6 Å². The van der Waals surface area contributed by atoms with Gasteiger partial charge in [0, 0.05) is 5.56 Å². The van der Waals surface area contributed by atoms with Gasteiger partial charge in [-0.3, -0.25) is 0 Å². The maximum Gasteiger partial charge on any atom is 0.354 e. The van der Waals surface area contributed by atoms with Gasteiger partial charge < -0.3 is 5.11 Å². The van der Waals surface area contributed by atoms with Crippen LogP contribution in [0.15, 0.2) is 54.6 Å². The molecule has 6 heteroatoms. The number of aromatic nitrogens is 2. The molecule has 3 aromatic rings. The summed E-state index contributed by atoms with van der Waals surface area (Å²) in [7, 11) is 0. The van der Waals surface area contributed by atoms with Crippen LogP contribution in [0.4, 0.5) is 8.78 Å². The topological polar surface area (TPSA) is 55.1 Å². The number of para-hydroxylation sites is 1. The molecule has 3 rings (SSSR count). The fourth-order valence-electron chi connectivity index (χ4n) is 2.10. The van der Waals surface area contributed by atoms with Crippen molar-refractivity contribution in [2.75, 3.05) is 0 Å². The monoisotopic (exact) mass is 300 g/mol. The van der Waals surface area contributed by atoms with Crippen molar-refractivity contribution >= 4 is 5.97 Å². The van der Waals surface area contributed by atoms with Gasteiger partial charge in [-0.25, -0.2) is 18.3 Å². The largest absolute Gasteiger partial charge is 0.477 e. The van der Waals surface area contributed by atoms with Crippen LogP contribution in [-0.4, -0.2) is 20.9 Å². The van der Waals surface area contributed by atoms with Crippen molar-refractivity contribution in [2.24, 2.45) is 0 Å². The smallest absolute Gasteiger partial charge is 0.354 e. The quantitative estimate of drug-likeness (QED) is 0.805. The van der Waals surface area contributed by atoms with Gasteiger partial charge in [-0.15, -0.1) is 0 Å². The normalized spacial score (nSPS) is 10.6. The molecular formula is C16H10F2N2O2. The van der Waals surface area contributed by atoms with Gasteiger partial charge in [-0.1, -0.05) is 12.1 Å². The molecule has 0 aliphatic heterocycles. The summed E-state index contributed by atoms with van der Waals surface area (Å²) in [5.41, 5.74) is 0.720. The van der Waals surface area contributed by atoms with Crippen LogP contribution in [0.25, 0.3) is 16.9 Å². The third-order valence-electron chi connectivity index (χ3n) is 3.15. The van der Waals surface area contributed by atoms with E-state index in [0.29, 0.717) is 11.3 Å². The zero-order valence-corrected chi connectivity index (χ0v) is 11.2. The molecule has 1 heterocycles. The number of hydrogen-bond acceptors (Lipinski definition) is 2. The van der Waals surface area contributed by atoms with E-state index in [2.05, 4.69) is 5.10 Å². The molecule has 0 fully saturated rings. The Hall–Kier alpha value is -3.02. The molecule has 110 valence electrons. The zero-order valence-electron chi connectivity index (χ0n) is 11.2. The number of carbonyl (C=O) groups is 1. The highest BCUT2D eigenvalue weighted by Gasteiger charge is 2.18. The Morgan fingerprint density at radius 3 is 2.36 bits per heavy atom. The Balaban J connectivity index is 2.17. The minimum Gasteiger partial charge on any atom is -0.477 e. The second-order valence-electron chi connectivity index (χ2n) is 4.59. The Morgan fingerprint density at radius 2 is 1.73 bits per heavy atom. The van der Waals surface area contributed by atoms with E-state index >= 15 is 0 Å². The summed E-state index contributed by atoms with van der Waals surface area (Å²) in [5, 5.41) is 13.4. The van der Waals surface area contributed by atoms with Crippen molar-refractivity contribution < 1.29 is 18.7 Å². The number of nitrogens with zero attached hydrogens (tertiary/aromatic N) is 2. The standard InChI is InChI=1S/C16H10F2N2O2/c17-11-7-5-10(6-8-11)13-9-15(16(21)22)20(19-13)14-4-2-1-3-12(14)18/h1-9H,(H,21,22). The van der Waals surface area contributed by atoms with Crippen LogP contribution < -0.4 is 0 Å². The van der Waals surface area contributed by atoms with E-state index in [-0.39, 0.29) is 11.4 Å². The minimum absolute atomic E-state index is 0.0354. The lowest BCUT2D eigenvalue weighted by Crippen LogP contribution is -2.09. The van der Waals surface area contributed by atoms with Crippen molar-refractivity contribution in [3.05, 3.63) is 71.9 Å². The number of rotatable bonds is 3. The molecule has 0 radical (unpaired) electrons. The molecule has 0 unspecified atom stereocenters. The third-order valence-corrected chi connectivity index (χ3v) is 3.15. The lowest BCUT2D eigenvalue weighted by atomic mass is 10.1. The van der Waals surface area contributed by atoms with Gasteiger partial charge in [0.2, 0.25) is 0 Å². The van der Waals surface area contributed by atoms with Crippen molar-refractivity contribution in [1.82, 2.24) is 9.78 Å². The summed E-state index contributed by atoms with van der Waals surface area (Å²) in [4.78, 5) is 11.4. The molecule has 0 aliphatic rings. The van der Waals surface area contributed by atoms with Gasteiger partial charge in [0.15, 0.2) is 5.69 Å². The number of hydrogen-bond donors (Lipinski definition) is 1. The fraction of sp³-hybridized carbons (Fsp3) is 0. The van der Waals surface area contributed by atoms with Gasteiger partial charge in [0.25, 0.3) is 0 Å². The predicted molar refractivity (Wildman–Crippen MR) is 75.9 cm³/mol. The average molecular weight is 300 g/mol. The number of halogens is 2. The second-order valence-corrected chi connectivity index (χ2v) is 4.59. The Bertz CT molecular complexity index is 842. The SMILES string of the molecule is O=C(O)c1cc(-c2ccc(F)cc2)nn1-c1ccccc1F. The average Bonchev–Trinajstić information content (AvgIpc) is 2.93. The molecule has 2 aromatic carbocycles. The molecule has 0 amide bonds. The molecule has 0 aliphatic carbocycles. The van der Waals surface area contributed by atoms with Crippen LogP contribution >= 0.6 is 0 Å². The third kappa shape index (κ3) is 2.46.